The fourth-order valence-corrected chi connectivity index (χ4v) is 3.02. The summed E-state index contributed by atoms with van der Waals surface area (Å²) >= 11 is 7.18. The van der Waals surface area contributed by atoms with Gasteiger partial charge in [-0.1, -0.05) is 50.9 Å². The smallest absolute Gasteiger partial charge is 0.119 e. The van der Waals surface area contributed by atoms with Crippen molar-refractivity contribution in [2.75, 3.05) is 13.7 Å². The summed E-state index contributed by atoms with van der Waals surface area (Å²) < 4.78 is 7.49. The molecule has 0 aliphatic rings. The second-order valence-electron chi connectivity index (χ2n) is 4.43. The Morgan fingerprint density at radius 2 is 1.95 bits per heavy atom. The summed E-state index contributed by atoms with van der Waals surface area (Å²) in [5, 5.41) is 3.53. The van der Waals surface area contributed by atoms with Crippen LogP contribution in [0.1, 0.15) is 24.1 Å². The Labute approximate surface area is 136 Å². The molecule has 0 spiro atoms. The molecule has 0 fully saturated rings. The van der Waals surface area contributed by atoms with Gasteiger partial charge in [0, 0.05) is 8.95 Å². The number of rotatable bonds is 5. The van der Waals surface area contributed by atoms with E-state index in [0.717, 1.165) is 21.2 Å². The lowest BCUT2D eigenvalue weighted by molar-refractivity contribution is 0.413. The van der Waals surface area contributed by atoms with E-state index in [9.17, 15) is 0 Å². The van der Waals surface area contributed by atoms with Gasteiger partial charge in [0.1, 0.15) is 5.75 Å². The van der Waals surface area contributed by atoms with Crippen LogP contribution in [0.2, 0.25) is 0 Å². The Bertz CT molecular complexity index is 586. The van der Waals surface area contributed by atoms with E-state index >= 15 is 0 Å². The largest absolute Gasteiger partial charge is 0.497 e. The van der Waals surface area contributed by atoms with Gasteiger partial charge in [-0.25, -0.2) is 0 Å². The molecule has 1 unspecified atom stereocenters. The van der Waals surface area contributed by atoms with Crippen LogP contribution in [-0.4, -0.2) is 13.7 Å². The van der Waals surface area contributed by atoms with Crippen LogP contribution >= 0.6 is 31.9 Å². The average Bonchev–Trinajstić information content (AvgIpc) is 2.47. The Kier molecular flexibility index (Phi) is 5.64. The molecule has 2 aromatic carbocycles. The van der Waals surface area contributed by atoms with E-state index in [1.807, 2.05) is 18.2 Å². The van der Waals surface area contributed by atoms with Crippen LogP contribution in [0.3, 0.4) is 0 Å². The highest BCUT2D eigenvalue weighted by molar-refractivity contribution is 9.11. The first kappa shape index (κ1) is 15.5. The van der Waals surface area contributed by atoms with Crippen molar-refractivity contribution < 1.29 is 4.74 Å². The van der Waals surface area contributed by atoms with Crippen molar-refractivity contribution in [2.24, 2.45) is 0 Å². The monoisotopic (exact) mass is 397 g/mol. The summed E-state index contributed by atoms with van der Waals surface area (Å²) in [6, 6.07) is 14.5. The van der Waals surface area contributed by atoms with Crippen LogP contribution in [-0.2, 0) is 0 Å². The normalized spacial score (nSPS) is 12.2. The average molecular weight is 399 g/mol. The minimum absolute atomic E-state index is 0.127. The SMILES string of the molecule is CCNC(c1cccc(OC)c1)c1cc(Br)ccc1Br. The Morgan fingerprint density at radius 1 is 1.15 bits per heavy atom. The van der Waals surface area contributed by atoms with Crippen LogP contribution in [0.4, 0.5) is 0 Å². The van der Waals surface area contributed by atoms with Crippen molar-refractivity contribution in [3.05, 3.63) is 62.5 Å². The number of nitrogens with one attached hydrogen (secondary N) is 1. The van der Waals surface area contributed by atoms with Crippen molar-refractivity contribution in [1.82, 2.24) is 5.32 Å². The van der Waals surface area contributed by atoms with Gasteiger partial charge in [-0.15, -0.1) is 0 Å². The summed E-state index contributed by atoms with van der Waals surface area (Å²) in [4.78, 5) is 0. The molecule has 1 N–H and O–H groups in total. The number of halogens is 2. The van der Waals surface area contributed by atoms with E-state index in [1.54, 1.807) is 7.11 Å². The van der Waals surface area contributed by atoms with Gasteiger partial charge in [0.05, 0.1) is 13.2 Å². The van der Waals surface area contributed by atoms with Crippen molar-refractivity contribution >= 4 is 31.9 Å². The van der Waals surface area contributed by atoms with Crippen LogP contribution in [0, 0.1) is 0 Å². The lowest BCUT2D eigenvalue weighted by atomic mass is 9.98. The second-order valence-corrected chi connectivity index (χ2v) is 6.20. The van der Waals surface area contributed by atoms with Gasteiger partial charge in [-0.05, 0) is 48.0 Å². The zero-order chi connectivity index (χ0) is 14.5. The molecule has 0 radical (unpaired) electrons. The second kappa shape index (κ2) is 7.25. The minimum atomic E-state index is 0.127. The zero-order valence-electron chi connectivity index (χ0n) is 11.5. The Hall–Kier alpha value is -0.840. The summed E-state index contributed by atoms with van der Waals surface area (Å²) in [5.74, 6) is 0.872. The molecule has 0 amide bonds. The third-order valence-corrected chi connectivity index (χ3v) is 4.32. The van der Waals surface area contributed by atoms with Gasteiger partial charge < -0.3 is 10.1 Å². The highest BCUT2D eigenvalue weighted by Gasteiger charge is 2.16. The number of methoxy groups -OCH3 is 1. The lowest BCUT2D eigenvalue weighted by Crippen LogP contribution is -2.22. The fraction of sp³-hybridized carbons (Fsp3) is 0.250. The number of hydrogen-bond acceptors (Lipinski definition) is 2. The molecule has 106 valence electrons. The highest BCUT2D eigenvalue weighted by atomic mass is 79.9. The molecule has 0 aliphatic carbocycles. The van der Waals surface area contributed by atoms with Crippen molar-refractivity contribution in [1.29, 1.82) is 0 Å². The van der Waals surface area contributed by atoms with Crippen LogP contribution in [0.25, 0.3) is 0 Å². The molecule has 1 atom stereocenters. The summed E-state index contributed by atoms with van der Waals surface area (Å²) in [5.41, 5.74) is 2.39. The maximum absolute atomic E-state index is 5.32. The first-order chi connectivity index (χ1) is 9.65. The van der Waals surface area contributed by atoms with Gasteiger partial charge in [0.15, 0.2) is 0 Å². The molecule has 0 saturated heterocycles. The summed E-state index contributed by atoms with van der Waals surface area (Å²) in [7, 11) is 1.69. The maximum Gasteiger partial charge on any atom is 0.119 e. The van der Waals surface area contributed by atoms with Gasteiger partial charge in [-0.2, -0.15) is 0 Å². The third kappa shape index (κ3) is 3.62. The first-order valence-corrected chi connectivity index (χ1v) is 8.06. The lowest BCUT2D eigenvalue weighted by Gasteiger charge is -2.21. The molecular weight excluding hydrogens is 382 g/mol. The van der Waals surface area contributed by atoms with E-state index in [2.05, 4.69) is 68.4 Å². The molecule has 0 aliphatic heterocycles. The topological polar surface area (TPSA) is 21.3 Å². The highest BCUT2D eigenvalue weighted by Crippen LogP contribution is 2.32. The fourth-order valence-electron chi connectivity index (χ4n) is 2.17. The predicted octanol–water partition coefficient (Wildman–Crippen LogP) is 4.92. The van der Waals surface area contributed by atoms with Gasteiger partial charge in [-0.3, -0.25) is 0 Å². The first-order valence-electron chi connectivity index (χ1n) is 6.48. The number of hydrogen-bond donors (Lipinski definition) is 1. The van der Waals surface area contributed by atoms with Gasteiger partial charge in [0.2, 0.25) is 0 Å². The Morgan fingerprint density at radius 3 is 2.65 bits per heavy atom. The quantitative estimate of drug-likeness (QED) is 0.771. The number of ether oxygens (including phenoxy) is 1. The molecule has 2 nitrogen and oxygen atoms in total. The van der Waals surface area contributed by atoms with Gasteiger partial charge >= 0.3 is 0 Å². The molecule has 2 rings (SSSR count). The van der Waals surface area contributed by atoms with Crippen molar-refractivity contribution in [3.8, 4) is 5.75 Å². The van der Waals surface area contributed by atoms with Crippen molar-refractivity contribution in [3.63, 3.8) is 0 Å². The predicted molar refractivity (Wildman–Crippen MR) is 90.4 cm³/mol. The molecular formula is C16H17Br2NO. The summed E-state index contributed by atoms with van der Waals surface area (Å²) in [6.45, 7) is 3.00. The van der Waals surface area contributed by atoms with E-state index in [0.29, 0.717) is 0 Å². The number of benzene rings is 2. The van der Waals surface area contributed by atoms with E-state index in [4.69, 9.17) is 4.74 Å². The molecule has 20 heavy (non-hydrogen) atoms. The minimum Gasteiger partial charge on any atom is -0.497 e. The standard InChI is InChI=1S/C16H17Br2NO/c1-3-19-16(11-5-4-6-13(9-11)20-2)14-10-12(17)7-8-15(14)18/h4-10,16,19H,3H2,1-2H3. The zero-order valence-corrected chi connectivity index (χ0v) is 14.7. The summed E-state index contributed by atoms with van der Waals surface area (Å²) in [6.07, 6.45) is 0. The molecule has 0 heterocycles. The third-order valence-electron chi connectivity index (χ3n) is 3.10. The van der Waals surface area contributed by atoms with Crippen LogP contribution < -0.4 is 10.1 Å². The van der Waals surface area contributed by atoms with E-state index in [1.165, 1.54) is 11.1 Å². The molecule has 4 heteroatoms. The maximum atomic E-state index is 5.32. The Balaban J connectivity index is 2.46. The molecule has 2 aromatic rings. The molecule has 0 bridgehead atoms. The van der Waals surface area contributed by atoms with Crippen molar-refractivity contribution in [2.45, 2.75) is 13.0 Å². The molecule has 0 saturated carbocycles. The van der Waals surface area contributed by atoms with Crippen LogP contribution in [0.5, 0.6) is 5.75 Å². The molecule has 0 aromatic heterocycles. The van der Waals surface area contributed by atoms with Crippen LogP contribution in [0.15, 0.2) is 51.4 Å². The van der Waals surface area contributed by atoms with Gasteiger partial charge in [0.25, 0.3) is 0 Å². The van der Waals surface area contributed by atoms with E-state index in [-0.39, 0.29) is 6.04 Å². The van der Waals surface area contributed by atoms with E-state index < -0.39 is 0 Å².